The Morgan fingerprint density at radius 3 is 2.75 bits per heavy atom. The first-order valence-corrected chi connectivity index (χ1v) is 15.3. The molecule has 3 aromatic carbocycles. The monoisotopic (exact) mass is 589 g/mol. The van der Waals surface area contributed by atoms with Gasteiger partial charge in [0, 0.05) is 46.6 Å². The second-order valence-corrected chi connectivity index (χ2v) is 13.2. The molecule has 1 aromatic heterocycles. The zero-order valence-electron chi connectivity index (χ0n) is 23.9. The van der Waals surface area contributed by atoms with Crippen LogP contribution in [0.5, 0.6) is 11.5 Å². The lowest BCUT2D eigenvalue weighted by Gasteiger charge is -2.62. The maximum absolute atomic E-state index is 13.3. The number of piperidine rings is 1. The number of anilines is 1. The number of ether oxygens (including phenoxy) is 1. The number of rotatable bonds is 6. The predicted octanol–water partition coefficient (Wildman–Crippen LogP) is 4.45. The average molecular weight is 590 g/mol. The molecule has 3 heterocycles. The van der Waals surface area contributed by atoms with Gasteiger partial charge in [-0.3, -0.25) is 19.3 Å². The summed E-state index contributed by atoms with van der Waals surface area (Å²) in [7, 11) is 0. The smallest absolute Gasteiger partial charge is 0.255 e. The van der Waals surface area contributed by atoms with Crippen LogP contribution in [-0.2, 0) is 18.3 Å². The van der Waals surface area contributed by atoms with E-state index in [1.54, 1.807) is 6.07 Å². The van der Waals surface area contributed by atoms with Gasteiger partial charge < -0.3 is 25.3 Å². The number of amides is 1. The SMILES string of the molecule is O=Cc1ccc(C(=O)Nc2cccc3c4c([nH]c23)C2Oc3c(O)ccc5c3[C@@]23CCN(CC2CC2)[C@H](C5)[C@]3(O)C4)cc1C=O. The fraction of sp³-hybridized carbons (Fsp3) is 0.343. The van der Waals surface area contributed by atoms with E-state index in [0.717, 1.165) is 52.8 Å². The third-order valence-electron chi connectivity index (χ3n) is 11.0. The summed E-state index contributed by atoms with van der Waals surface area (Å²) >= 11 is 0. The van der Waals surface area contributed by atoms with E-state index in [4.69, 9.17) is 4.74 Å². The summed E-state index contributed by atoms with van der Waals surface area (Å²) in [5.74, 6) is 0.845. The van der Waals surface area contributed by atoms with Gasteiger partial charge in [0.15, 0.2) is 30.2 Å². The van der Waals surface area contributed by atoms with Crippen molar-refractivity contribution >= 4 is 35.1 Å². The first kappa shape index (κ1) is 26.0. The molecule has 4 N–H and O–H groups in total. The number of phenolic OH excluding ortho intramolecular Hbond substituents is 1. The molecule has 4 atom stereocenters. The summed E-state index contributed by atoms with van der Waals surface area (Å²) in [4.78, 5) is 42.2. The number of benzene rings is 3. The highest BCUT2D eigenvalue weighted by atomic mass is 16.5. The van der Waals surface area contributed by atoms with Crippen LogP contribution < -0.4 is 10.1 Å². The maximum atomic E-state index is 13.3. The van der Waals surface area contributed by atoms with Crippen molar-refractivity contribution in [2.24, 2.45) is 5.92 Å². The molecule has 1 saturated carbocycles. The van der Waals surface area contributed by atoms with E-state index in [-0.39, 0.29) is 28.5 Å². The number of carbonyl (C=O) groups excluding carboxylic acids is 3. The van der Waals surface area contributed by atoms with E-state index < -0.39 is 23.0 Å². The van der Waals surface area contributed by atoms with Crippen LogP contribution in [0.15, 0.2) is 48.5 Å². The number of nitrogens with one attached hydrogen (secondary N) is 2. The number of nitrogens with zero attached hydrogens (tertiary/aromatic N) is 1. The van der Waals surface area contributed by atoms with Gasteiger partial charge in [-0.2, -0.15) is 0 Å². The highest BCUT2D eigenvalue weighted by Crippen LogP contribution is 2.69. The molecule has 1 saturated heterocycles. The van der Waals surface area contributed by atoms with Crippen molar-refractivity contribution in [2.75, 3.05) is 18.4 Å². The van der Waals surface area contributed by atoms with Crippen molar-refractivity contribution in [2.45, 2.75) is 55.3 Å². The Labute approximate surface area is 252 Å². The van der Waals surface area contributed by atoms with E-state index in [1.165, 1.54) is 31.0 Å². The van der Waals surface area contributed by atoms with Crippen LogP contribution in [-0.4, -0.2) is 63.3 Å². The molecule has 1 unspecified atom stereocenters. The minimum absolute atomic E-state index is 0.0757. The Hall–Kier alpha value is -4.47. The summed E-state index contributed by atoms with van der Waals surface area (Å²) in [6.07, 6.45) is 4.96. The number of aromatic nitrogens is 1. The predicted molar refractivity (Wildman–Crippen MR) is 162 cm³/mol. The number of aliphatic hydroxyl groups is 1. The van der Waals surface area contributed by atoms with Gasteiger partial charge in [0.05, 0.1) is 27.9 Å². The topological polar surface area (TPSA) is 132 Å². The van der Waals surface area contributed by atoms with Gasteiger partial charge in [-0.25, -0.2) is 0 Å². The molecular formula is C35H31N3O6. The molecule has 0 radical (unpaired) electrons. The summed E-state index contributed by atoms with van der Waals surface area (Å²) in [5.41, 5.74) is 4.01. The quantitative estimate of drug-likeness (QED) is 0.244. The normalized spacial score (nSPS) is 27.8. The molecule has 1 spiro atoms. The number of hydrogen-bond donors (Lipinski definition) is 4. The fourth-order valence-corrected chi connectivity index (χ4v) is 8.87. The lowest BCUT2D eigenvalue weighted by molar-refractivity contribution is -0.173. The molecule has 5 aliphatic rings. The van der Waals surface area contributed by atoms with Gasteiger partial charge >= 0.3 is 0 Å². The first-order chi connectivity index (χ1) is 21.4. The van der Waals surface area contributed by atoms with E-state index in [0.29, 0.717) is 42.8 Å². The molecule has 9 rings (SSSR count). The fourth-order valence-electron chi connectivity index (χ4n) is 8.87. The van der Waals surface area contributed by atoms with Crippen molar-refractivity contribution in [3.05, 3.63) is 87.6 Å². The third kappa shape index (κ3) is 3.23. The zero-order chi connectivity index (χ0) is 30.0. The minimum Gasteiger partial charge on any atom is -0.504 e. The van der Waals surface area contributed by atoms with Gasteiger partial charge in [-0.1, -0.05) is 24.3 Å². The number of aromatic amines is 1. The molecule has 9 nitrogen and oxygen atoms in total. The third-order valence-corrected chi connectivity index (χ3v) is 11.0. The van der Waals surface area contributed by atoms with Crippen LogP contribution in [0.3, 0.4) is 0 Å². The van der Waals surface area contributed by atoms with Crippen molar-refractivity contribution in [1.29, 1.82) is 0 Å². The van der Waals surface area contributed by atoms with Crippen LogP contribution in [0.1, 0.15) is 78.8 Å². The van der Waals surface area contributed by atoms with Gasteiger partial charge in [0.2, 0.25) is 0 Å². The summed E-state index contributed by atoms with van der Waals surface area (Å²) in [5, 5.41) is 27.9. The number of aromatic hydroxyl groups is 1. The number of carbonyl (C=O) groups is 3. The van der Waals surface area contributed by atoms with Crippen LogP contribution in [0.2, 0.25) is 0 Å². The number of hydrogen-bond acceptors (Lipinski definition) is 7. The van der Waals surface area contributed by atoms with Gasteiger partial charge in [-0.15, -0.1) is 0 Å². The highest BCUT2D eigenvalue weighted by molar-refractivity contribution is 6.10. The molecule has 222 valence electrons. The zero-order valence-corrected chi connectivity index (χ0v) is 23.9. The Balaban J connectivity index is 1.17. The number of para-hydroxylation sites is 1. The Morgan fingerprint density at radius 1 is 1.11 bits per heavy atom. The number of fused-ring (bicyclic) bond motifs is 4. The van der Waals surface area contributed by atoms with Crippen molar-refractivity contribution in [1.82, 2.24) is 9.88 Å². The first-order valence-electron chi connectivity index (χ1n) is 15.3. The van der Waals surface area contributed by atoms with Crippen molar-refractivity contribution in [3.8, 4) is 11.5 Å². The number of phenols is 1. The van der Waals surface area contributed by atoms with Gasteiger partial charge in [0.25, 0.3) is 5.91 Å². The minimum atomic E-state index is -1.11. The molecule has 9 heteroatoms. The Bertz CT molecular complexity index is 1940. The van der Waals surface area contributed by atoms with Crippen LogP contribution in [0.25, 0.3) is 10.9 Å². The number of aldehydes is 2. The molecule has 2 fully saturated rings. The van der Waals surface area contributed by atoms with Crippen LogP contribution in [0, 0.1) is 5.92 Å². The summed E-state index contributed by atoms with van der Waals surface area (Å²) < 4.78 is 6.69. The maximum Gasteiger partial charge on any atom is 0.255 e. The summed E-state index contributed by atoms with van der Waals surface area (Å²) in [6, 6.07) is 13.7. The molecule has 4 aromatic rings. The van der Waals surface area contributed by atoms with Crippen molar-refractivity contribution < 1.29 is 29.3 Å². The highest BCUT2D eigenvalue weighted by Gasteiger charge is 2.72. The van der Waals surface area contributed by atoms with Crippen LogP contribution >= 0.6 is 0 Å². The lowest BCUT2D eigenvalue weighted by Crippen LogP contribution is -2.74. The number of H-pyrrole nitrogens is 1. The average Bonchev–Trinajstić information content (AvgIpc) is 3.66. The van der Waals surface area contributed by atoms with E-state index in [9.17, 15) is 24.6 Å². The molecule has 3 aliphatic carbocycles. The summed E-state index contributed by atoms with van der Waals surface area (Å²) in [6.45, 7) is 1.85. The van der Waals surface area contributed by atoms with Gasteiger partial charge in [-0.05, 0) is 73.5 Å². The molecule has 2 bridgehead atoms. The standard InChI is InChI=1S/C35H31N3O6/c39-16-21-7-6-20(12-22(21)17-40)33(42)36-25-3-1-2-23-24-14-35(43)27-13-19-8-9-26(41)31-28(19)34(35,10-11-38(27)15-18-4-5-18)32(44-31)30(24)37-29(23)25/h1-3,6-9,12,16-18,27,32,37,41,43H,4-5,10-11,13-15H2,(H,36,42)/t27-,32?,34+,35-/m1/s1. The van der Waals surface area contributed by atoms with E-state index in [1.807, 2.05) is 24.3 Å². The second-order valence-electron chi connectivity index (χ2n) is 13.2. The van der Waals surface area contributed by atoms with Crippen LogP contribution in [0.4, 0.5) is 5.69 Å². The van der Waals surface area contributed by atoms with Crippen molar-refractivity contribution in [3.63, 3.8) is 0 Å². The lowest BCUT2D eigenvalue weighted by atomic mass is 9.49. The largest absolute Gasteiger partial charge is 0.504 e. The van der Waals surface area contributed by atoms with E-state index >= 15 is 0 Å². The second kappa shape index (κ2) is 8.80. The molecule has 2 aliphatic heterocycles. The Kier molecular flexibility index (Phi) is 5.20. The van der Waals surface area contributed by atoms with E-state index in [2.05, 4.69) is 15.2 Å². The Morgan fingerprint density at radius 2 is 1.95 bits per heavy atom. The van der Waals surface area contributed by atoms with Gasteiger partial charge in [0.1, 0.15) is 0 Å². The molecule has 44 heavy (non-hydrogen) atoms. The number of likely N-dealkylation sites (tertiary alicyclic amines) is 1. The molecular weight excluding hydrogens is 558 g/mol. The molecule has 1 amide bonds.